The van der Waals surface area contributed by atoms with Gasteiger partial charge in [-0.05, 0) is 30.9 Å². The summed E-state index contributed by atoms with van der Waals surface area (Å²) in [5, 5.41) is 0. The van der Waals surface area contributed by atoms with Crippen LogP contribution in [0.25, 0.3) is 0 Å². The molecule has 0 aromatic carbocycles. The van der Waals surface area contributed by atoms with Gasteiger partial charge in [0, 0.05) is 12.5 Å². The largest absolute Gasteiger partial charge is 0.369 e. The average Bonchev–Trinajstić information content (AvgIpc) is 2.29. The van der Waals surface area contributed by atoms with Crippen LogP contribution in [0.2, 0.25) is 0 Å². The van der Waals surface area contributed by atoms with Crippen LogP contribution in [0.5, 0.6) is 0 Å². The summed E-state index contributed by atoms with van der Waals surface area (Å²) in [6.07, 6.45) is 4.94. The molecular formula is C8H12N2O. The molecule has 2 rings (SSSR count). The number of hydrogen-bond acceptors (Lipinski definition) is 2. The molecule has 1 heterocycles. The number of carbonyl (C=O) groups is 1. The molecule has 0 atom stereocenters. The Bertz CT molecular complexity index is 206. The van der Waals surface area contributed by atoms with Crippen molar-refractivity contribution >= 4 is 12.1 Å². The van der Waals surface area contributed by atoms with Crippen LogP contribution in [0.15, 0.2) is 4.99 Å². The van der Waals surface area contributed by atoms with E-state index in [2.05, 4.69) is 4.99 Å². The van der Waals surface area contributed by atoms with Crippen LogP contribution >= 0.6 is 0 Å². The van der Waals surface area contributed by atoms with Crippen LogP contribution in [0, 0.1) is 11.3 Å². The molecule has 3 heteroatoms. The van der Waals surface area contributed by atoms with E-state index in [-0.39, 0.29) is 11.8 Å². The summed E-state index contributed by atoms with van der Waals surface area (Å²) in [5.41, 5.74) is 5.52. The zero-order chi connectivity index (χ0) is 7.90. The van der Waals surface area contributed by atoms with Crippen molar-refractivity contribution in [1.82, 2.24) is 0 Å². The Balaban J connectivity index is 1.92. The Labute approximate surface area is 65.7 Å². The highest BCUT2D eigenvalue weighted by Gasteiger charge is 2.47. The number of hydrogen-bond donors (Lipinski definition) is 1. The van der Waals surface area contributed by atoms with Gasteiger partial charge in [-0.15, -0.1) is 0 Å². The SMILES string of the molecule is NC(=O)C1CC2(CC=NC2)C1. The maximum atomic E-state index is 10.7. The monoisotopic (exact) mass is 152 g/mol. The number of nitrogens with two attached hydrogens (primary N) is 1. The second-order valence-corrected chi connectivity index (χ2v) is 3.73. The standard InChI is InChI=1S/C8H12N2O/c9-7(11)6-3-8(4-6)1-2-10-5-8/h2,6H,1,3-5H2,(H2,9,11). The van der Waals surface area contributed by atoms with Crippen molar-refractivity contribution in [2.24, 2.45) is 22.1 Å². The molecular weight excluding hydrogens is 140 g/mol. The van der Waals surface area contributed by atoms with Gasteiger partial charge >= 0.3 is 0 Å². The van der Waals surface area contributed by atoms with Crippen molar-refractivity contribution in [2.45, 2.75) is 19.3 Å². The molecule has 1 fully saturated rings. The first-order valence-electron chi connectivity index (χ1n) is 3.99. The third-order valence-electron chi connectivity index (χ3n) is 2.84. The summed E-state index contributed by atoms with van der Waals surface area (Å²) in [4.78, 5) is 14.9. The van der Waals surface area contributed by atoms with E-state index in [9.17, 15) is 4.79 Å². The van der Waals surface area contributed by atoms with Gasteiger partial charge in [0.15, 0.2) is 0 Å². The number of primary amides is 1. The van der Waals surface area contributed by atoms with Gasteiger partial charge in [-0.2, -0.15) is 0 Å². The maximum absolute atomic E-state index is 10.7. The number of rotatable bonds is 1. The molecule has 1 saturated carbocycles. The van der Waals surface area contributed by atoms with Crippen molar-refractivity contribution in [3.05, 3.63) is 0 Å². The van der Waals surface area contributed by atoms with Crippen LogP contribution in [-0.4, -0.2) is 18.7 Å². The van der Waals surface area contributed by atoms with Gasteiger partial charge in [-0.3, -0.25) is 9.79 Å². The molecule has 2 aliphatic rings. The molecule has 0 aromatic rings. The smallest absolute Gasteiger partial charge is 0.220 e. The van der Waals surface area contributed by atoms with E-state index in [4.69, 9.17) is 5.73 Å². The quantitative estimate of drug-likeness (QED) is 0.578. The van der Waals surface area contributed by atoms with Gasteiger partial charge in [0.1, 0.15) is 0 Å². The highest BCUT2D eigenvalue weighted by atomic mass is 16.1. The lowest BCUT2D eigenvalue weighted by atomic mass is 9.61. The van der Waals surface area contributed by atoms with Crippen LogP contribution in [0.3, 0.4) is 0 Å². The van der Waals surface area contributed by atoms with E-state index in [1.165, 1.54) is 0 Å². The summed E-state index contributed by atoms with van der Waals surface area (Å²) in [5.74, 6) is -0.000718. The fourth-order valence-electron chi connectivity index (χ4n) is 2.06. The minimum Gasteiger partial charge on any atom is -0.369 e. The molecule has 0 radical (unpaired) electrons. The van der Waals surface area contributed by atoms with Crippen molar-refractivity contribution < 1.29 is 4.79 Å². The number of aliphatic imine (C=N–C) groups is 1. The lowest BCUT2D eigenvalue weighted by molar-refractivity contribution is -0.128. The molecule has 1 aliphatic heterocycles. The summed E-state index contributed by atoms with van der Waals surface area (Å²) in [6, 6.07) is 0. The molecule has 0 bridgehead atoms. The fraction of sp³-hybridized carbons (Fsp3) is 0.750. The zero-order valence-corrected chi connectivity index (χ0v) is 6.42. The van der Waals surface area contributed by atoms with Gasteiger partial charge < -0.3 is 5.73 Å². The maximum Gasteiger partial charge on any atom is 0.220 e. The number of nitrogens with zero attached hydrogens (tertiary/aromatic N) is 1. The minimum atomic E-state index is -0.137. The molecule has 1 amide bonds. The van der Waals surface area contributed by atoms with Gasteiger partial charge in [0.25, 0.3) is 0 Å². The second kappa shape index (κ2) is 2.06. The predicted octanol–water partition coefficient (Wildman–Crippen LogP) is 0.343. The van der Waals surface area contributed by atoms with E-state index in [0.717, 1.165) is 25.8 Å². The molecule has 3 nitrogen and oxygen atoms in total. The number of carbonyl (C=O) groups excluding carboxylic acids is 1. The first kappa shape index (κ1) is 6.83. The predicted molar refractivity (Wildman–Crippen MR) is 42.3 cm³/mol. The third-order valence-corrected chi connectivity index (χ3v) is 2.84. The Morgan fingerprint density at radius 3 is 2.82 bits per heavy atom. The van der Waals surface area contributed by atoms with Crippen LogP contribution < -0.4 is 5.73 Å². The lowest BCUT2D eigenvalue weighted by Crippen LogP contribution is -2.44. The van der Waals surface area contributed by atoms with Crippen molar-refractivity contribution in [3.63, 3.8) is 0 Å². The molecule has 0 saturated heterocycles. The van der Waals surface area contributed by atoms with Gasteiger partial charge in [0.05, 0.1) is 0 Å². The average molecular weight is 152 g/mol. The van der Waals surface area contributed by atoms with Gasteiger partial charge in [-0.25, -0.2) is 0 Å². The normalized spacial score (nSPS) is 40.9. The third kappa shape index (κ3) is 0.951. The summed E-state index contributed by atoms with van der Waals surface area (Å²) in [6.45, 7) is 0.913. The molecule has 2 N–H and O–H groups in total. The van der Waals surface area contributed by atoms with E-state index >= 15 is 0 Å². The Morgan fingerprint density at radius 2 is 2.36 bits per heavy atom. The highest BCUT2D eigenvalue weighted by molar-refractivity contribution is 5.78. The first-order valence-corrected chi connectivity index (χ1v) is 3.99. The minimum absolute atomic E-state index is 0.136. The van der Waals surface area contributed by atoms with E-state index in [1.54, 1.807) is 0 Å². The Morgan fingerprint density at radius 1 is 1.64 bits per heavy atom. The summed E-state index contributed by atoms with van der Waals surface area (Å²) < 4.78 is 0. The molecule has 0 unspecified atom stereocenters. The lowest BCUT2D eigenvalue weighted by Gasteiger charge is -2.42. The van der Waals surface area contributed by atoms with Gasteiger partial charge in [0.2, 0.25) is 5.91 Å². The Kier molecular flexibility index (Phi) is 1.28. The topological polar surface area (TPSA) is 55.5 Å². The van der Waals surface area contributed by atoms with Crippen molar-refractivity contribution in [1.29, 1.82) is 0 Å². The zero-order valence-electron chi connectivity index (χ0n) is 6.42. The van der Waals surface area contributed by atoms with Gasteiger partial charge in [-0.1, -0.05) is 0 Å². The van der Waals surface area contributed by atoms with Crippen LogP contribution in [-0.2, 0) is 4.79 Å². The second-order valence-electron chi connectivity index (χ2n) is 3.73. The molecule has 0 aromatic heterocycles. The Hall–Kier alpha value is -0.860. The fourth-order valence-corrected chi connectivity index (χ4v) is 2.06. The van der Waals surface area contributed by atoms with Crippen LogP contribution in [0.1, 0.15) is 19.3 Å². The summed E-state index contributed by atoms with van der Waals surface area (Å²) >= 11 is 0. The van der Waals surface area contributed by atoms with Crippen LogP contribution in [0.4, 0.5) is 0 Å². The van der Waals surface area contributed by atoms with Crippen molar-refractivity contribution in [2.75, 3.05) is 6.54 Å². The number of amides is 1. The van der Waals surface area contributed by atoms with Crippen molar-refractivity contribution in [3.8, 4) is 0 Å². The molecule has 11 heavy (non-hydrogen) atoms. The molecule has 1 aliphatic carbocycles. The molecule has 1 spiro atoms. The van der Waals surface area contributed by atoms with E-state index < -0.39 is 0 Å². The first-order chi connectivity index (χ1) is 5.22. The van der Waals surface area contributed by atoms with E-state index in [1.807, 2.05) is 6.21 Å². The molecule has 60 valence electrons. The van der Waals surface area contributed by atoms with E-state index in [0.29, 0.717) is 5.41 Å². The highest BCUT2D eigenvalue weighted by Crippen LogP contribution is 2.49. The summed E-state index contributed by atoms with van der Waals surface area (Å²) in [7, 11) is 0.